The van der Waals surface area contributed by atoms with Crippen molar-refractivity contribution in [3.63, 3.8) is 0 Å². The smallest absolute Gasteiger partial charge is 0.185 e. The van der Waals surface area contributed by atoms with Gasteiger partial charge in [-0.25, -0.2) is 0 Å². The number of benzene rings is 2. The van der Waals surface area contributed by atoms with Crippen LogP contribution < -0.4 is 18.9 Å². The fourth-order valence-corrected chi connectivity index (χ4v) is 5.65. The first kappa shape index (κ1) is 35.2. The van der Waals surface area contributed by atoms with E-state index in [1.165, 1.54) is 96.0 Å². The third-order valence-electron chi connectivity index (χ3n) is 8.01. The van der Waals surface area contributed by atoms with Crippen molar-refractivity contribution in [2.45, 2.75) is 116 Å². The first-order chi connectivity index (χ1) is 20.6. The number of hydrogen-bond acceptors (Lipinski definition) is 5. The van der Waals surface area contributed by atoms with Crippen LogP contribution in [0.4, 0.5) is 0 Å². The molecule has 0 N–H and O–H groups in total. The molecule has 0 unspecified atom stereocenters. The Labute approximate surface area is 256 Å². The lowest BCUT2D eigenvalue weighted by atomic mass is 9.98. The molecule has 2 aromatic carbocycles. The Hall–Kier alpha value is -2.95. The van der Waals surface area contributed by atoms with E-state index in [1.807, 2.05) is 18.2 Å². The van der Waals surface area contributed by atoms with E-state index in [0.717, 1.165) is 24.8 Å². The van der Waals surface area contributed by atoms with E-state index in [4.69, 9.17) is 18.9 Å². The van der Waals surface area contributed by atoms with Gasteiger partial charge in [0.2, 0.25) is 0 Å². The Morgan fingerprint density at radius 3 is 1.38 bits per heavy atom. The van der Waals surface area contributed by atoms with Gasteiger partial charge in [0, 0.05) is 11.1 Å². The van der Waals surface area contributed by atoms with Gasteiger partial charge in [-0.1, -0.05) is 134 Å². The minimum absolute atomic E-state index is 0.102. The summed E-state index contributed by atoms with van der Waals surface area (Å²) in [4.78, 5) is 12.7. The van der Waals surface area contributed by atoms with E-state index in [-0.39, 0.29) is 5.78 Å². The molecule has 0 heterocycles. The van der Waals surface area contributed by atoms with Crippen molar-refractivity contribution in [1.29, 1.82) is 0 Å². The fraction of sp³-hybridized carbons (Fsp3) is 0.595. The van der Waals surface area contributed by atoms with Crippen LogP contribution in [0.15, 0.2) is 36.4 Å². The van der Waals surface area contributed by atoms with E-state index in [1.54, 1.807) is 46.6 Å². The van der Waals surface area contributed by atoms with Gasteiger partial charge in [0.15, 0.2) is 28.8 Å². The zero-order valence-corrected chi connectivity index (χ0v) is 27.1. The summed E-state index contributed by atoms with van der Waals surface area (Å²) in [6.45, 7) is 2.28. The Kier molecular flexibility index (Phi) is 18.2. The minimum atomic E-state index is -0.102. The van der Waals surface area contributed by atoms with Crippen LogP contribution in [0.2, 0.25) is 0 Å². The number of allylic oxidation sites excluding steroid dienone is 1. The number of ketones is 1. The first-order valence-electron chi connectivity index (χ1n) is 16.3. The summed E-state index contributed by atoms with van der Waals surface area (Å²) in [5.41, 5.74) is 2.17. The van der Waals surface area contributed by atoms with Crippen molar-refractivity contribution < 1.29 is 23.7 Å². The van der Waals surface area contributed by atoms with Gasteiger partial charge >= 0.3 is 0 Å². The summed E-state index contributed by atoms with van der Waals surface area (Å²) in [6.07, 6.45) is 25.4. The molecule has 2 aromatic rings. The zero-order chi connectivity index (χ0) is 30.4. The number of hydrogen-bond donors (Lipinski definition) is 0. The van der Waals surface area contributed by atoms with Gasteiger partial charge in [0.1, 0.15) is 0 Å². The molecule has 0 aromatic heterocycles. The summed E-state index contributed by atoms with van der Waals surface area (Å²) in [5.74, 6) is 2.23. The zero-order valence-electron chi connectivity index (χ0n) is 27.1. The molecular formula is C37H56O5. The monoisotopic (exact) mass is 580 g/mol. The maximum absolute atomic E-state index is 12.7. The SMILES string of the molecule is CCCCCCCCCCCCCCCCCCc1c(OC)c(OC)c(C=CC(=O)c2ccccc2)c(OC)c1OC. The molecule has 5 heteroatoms. The van der Waals surface area contributed by atoms with E-state index in [2.05, 4.69) is 6.92 Å². The molecule has 0 aliphatic carbocycles. The molecule has 0 saturated carbocycles. The molecular weight excluding hydrogens is 524 g/mol. The molecule has 0 saturated heterocycles. The molecule has 42 heavy (non-hydrogen) atoms. The van der Waals surface area contributed by atoms with E-state index >= 15 is 0 Å². The standard InChI is InChI=1S/C37H56O5/c1-6-7-8-9-10-11-12-13-14-15-16-17-18-19-20-24-27-31-34(39-2)36(41-4)32(37(42-5)35(31)40-3)28-29-33(38)30-25-22-21-23-26-30/h21-23,25-26,28-29H,6-20,24,27H2,1-5H3. The third-order valence-corrected chi connectivity index (χ3v) is 8.01. The van der Waals surface area contributed by atoms with Crippen molar-refractivity contribution in [1.82, 2.24) is 0 Å². The molecule has 234 valence electrons. The van der Waals surface area contributed by atoms with E-state index < -0.39 is 0 Å². The van der Waals surface area contributed by atoms with Gasteiger partial charge in [-0.05, 0) is 25.0 Å². The van der Waals surface area contributed by atoms with Crippen LogP contribution >= 0.6 is 0 Å². The Morgan fingerprint density at radius 2 is 0.976 bits per heavy atom. The maximum Gasteiger partial charge on any atom is 0.185 e. The third kappa shape index (κ3) is 11.7. The number of carbonyl (C=O) groups is 1. The molecule has 0 aliphatic heterocycles. The summed E-state index contributed by atoms with van der Waals surface area (Å²) in [6, 6.07) is 9.18. The average Bonchev–Trinajstić information content (AvgIpc) is 3.02. The number of unbranched alkanes of at least 4 members (excludes halogenated alkanes) is 15. The van der Waals surface area contributed by atoms with Crippen molar-refractivity contribution in [3.05, 3.63) is 53.1 Å². The van der Waals surface area contributed by atoms with Crippen LogP contribution in [0, 0.1) is 0 Å². The quantitative estimate of drug-likeness (QED) is 0.0702. The lowest BCUT2D eigenvalue weighted by Crippen LogP contribution is -2.05. The molecule has 0 aliphatic rings. The average molecular weight is 581 g/mol. The number of carbonyl (C=O) groups excluding carboxylic acids is 1. The molecule has 0 atom stereocenters. The van der Waals surface area contributed by atoms with Crippen molar-refractivity contribution >= 4 is 11.9 Å². The minimum Gasteiger partial charge on any atom is -0.492 e. The highest BCUT2D eigenvalue weighted by Gasteiger charge is 2.26. The molecule has 0 spiro atoms. The van der Waals surface area contributed by atoms with Gasteiger partial charge < -0.3 is 18.9 Å². The molecule has 2 rings (SSSR count). The largest absolute Gasteiger partial charge is 0.492 e. The number of methoxy groups -OCH3 is 4. The Bertz CT molecular complexity index is 1010. The molecule has 5 nitrogen and oxygen atoms in total. The van der Waals surface area contributed by atoms with Crippen LogP contribution in [0.1, 0.15) is 131 Å². The maximum atomic E-state index is 12.7. The predicted octanol–water partition coefficient (Wildman–Crippen LogP) is 10.4. The molecule has 0 bridgehead atoms. The van der Waals surface area contributed by atoms with Gasteiger partial charge in [-0.2, -0.15) is 0 Å². The summed E-state index contributed by atoms with van der Waals surface area (Å²) in [7, 11) is 6.50. The van der Waals surface area contributed by atoms with Gasteiger partial charge in [-0.15, -0.1) is 0 Å². The highest BCUT2D eigenvalue weighted by molar-refractivity contribution is 6.07. The van der Waals surface area contributed by atoms with Gasteiger partial charge in [0.05, 0.1) is 34.0 Å². The summed E-state index contributed by atoms with van der Waals surface area (Å²) < 4.78 is 23.3. The lowest BCUT2D eigenvalue weighted by molar-refractivity contribution is 0.104. The predicted molar refractivity (Wildman–Crippen MR) is 176 cm³/mol. The number of ether oxygens (including phenoxy) is 4. The molecule has 0 radical (unpaired) electrons. The van der Waals surface area contributed by atoms with Crippen LogP contribution in [0.25, 0.3) is 6.08 Å². The highest BCUT2D eigenvalue weighted by atomic mass is 16.5. The van der Waals surface area contributed by atoms with Crippen molar-refractivity contribution in [2.75, 3.05) is 28.4 Å². The Balaban J connectivity index is 1.86. The highest BCUT2D eigenvalue weighted by Crippen LogP contribution is 2.49. The van der Waals surface area contributed by atoms with Gasteiger partial charge in [0.25, 0.3) is 0 Å². The molecule has 0 fully saturated rings. The van der Waals surface area contributed by atoms with Crippen LogP contribution in [0.5, 0.6) is 23.0 Å². The van der Waals surface area contributed by atoms with Crippen molar-refractivity contribution in [2.24, 2.45) is 0 Å². The number of rotatable bonds is 24. The van der Waals surface area contributed by atoms with Crippen molar-refractivity contribution in [3.8, 4) is 23.0 Å². The summed E-state index contributed by atoms with van der Waals surface area (Å²) >= 11 is 0. The van der Waals surface area contributed by atoms with E-state index in [0.29, 0.717) is 34.1 Å². The second-order valence-electron chi connectivity index (χ2n) is 11.1. The summed E-state index contributed by atoms with van der Waals surface area (Å²) in [5, 5.41) is 0. The second-order valence-corrected chi connectivity index (χ2v) is 11.1. The molecule has 0 amide bonds. The van der Waals surface area contributed by atoms with E-state index in [9.17, 15) is 4.79 Å². The van der Waals surface area contributed by atoms with Gasteiger partial charge in [-0.3, -0.25) is 4.79 Å². The van der Waals surface area contributed by atoms with Crippen LogP contribution in [-0.2, 0) is 6.42 Å². The second kappa shape index (κ2) is 21.7. The lowest BCUT2D eigenvalue weighted by Gasteiger charge is -2.22. The normalized spacial score (nSPS) is 11.2. The topological polar surface area (TPSA) is 54.0 Å². The van der Waals surface area contributed by atoms with Crippen LogP contribution in [-0.4, -0.2) is 34.2 Å². The first-order valence-corrected chi connectivity index (χ1v) is 16.3. The fourth-order valence-electron chi connectivity index (χ4n) is 5.65. The van der Waals surface area contributed by atoms with Crippen LogP contribution in [0.3, 0.4) is 0 Å². The Morgan fingerprint density at radius 1 is 0.571 bits per heavy atom.